The highest BCUT2D eigenvalue weighted by atomic mass is 33.1. The van der Waals surface area contributed by atoms with Crippen LogP contribution in [0.25, 0.3) is 0 Å². The van der Waals surface area contributed by atoms with Gasteiger partial charge in [-0.2, -0.15) is 8.42 Å². The van der Waals surface area contributed by atoms with E-state index < -0.39 is 9.15 Å². The highest BCUT2D eigenvalue weighted by Gasteiger charge is 2.07. The second kappa shape index (κ2) is 10.2. The average molecular weight is 283 g/mol. The average Bonchev–Trinajstić information content (AvgIpc) is 2.25. The molecule has 0 saturated carbocycles. The molecule has 6 heteroatoms. The maximum atomic E-state index is 10.5. The van der Waals surface area contributed by atoms with Gasteiger partial charge in [0.15, 0.2) is 0 Å². The molecule has 0 aliphatic heterocycles. The zero-order valence-electron chi connectivity index (χ0n) is 10.8. The minimum atomic E-state index is -3.88. The zero-order chi connectivity index (χ0) is 13.1. The van der Waals surface area contributed by atoms with Crippen LogP contribution in [-0.2, 0) is 9.15 Å². The number of hydrogen-bond donors (Lipinski definition) is 2. The summed E-state index contributed by atoms with van der Waals surface area (Å²) in [7, 11) is -3.29. The lowest BCUT2D eigenvalue weighted by Crippen LogP contribution is -2.30. The molecule has 0 heterocycles. The van der Waals surface area contributed by atoms with Crippen molar-refractivity contribution >= 4 is 19.9 Å². The zero-order valence-corrected chi connectivity index (χ0v) is 12.4. The maximum absolute atomic E-state index is 10.5. The molecule has 0 rings (SSSR count). The molecule has 1 unspecified atom stereocenters. The van der Waals surface area contributed by atoms with Crippen molar-refractivity contribution in [3.8, 4) is 0 Å². The predicted octanol–water partition coefficient (Wildman–Crippen LogP) is 2.86. The van der Waals surface area contributed by atoms with E-state index in [2.05, 4.69) is 19.2 Å². The van der Waals surface area contributed by atoms with Gasteiger partial charge in [0.1, 0.15) is 0 Å². The van der Waals surface area contributed by atoms with Gasteiger partial charge in [-0.3, -0.25) is 4.55 Å². The summed E-state index contributed by atoms with van der Waals surface area (Å²) in [5.74, 6) is 0.393. The van der Waals surface area contributed by atoms with Crippen LogP contribution in [0.2, 0.25) is 0 Å². The molecule has 0 amide bonds. The van der Waals surface area contributed by atoms with E-state index in [1.54, 1.807) is 0 Å². The van der Waals surface area contributed by atoms with E-state index in [9.17, 15) is 8.42 Å². The molecule has 0 aliphatic rings. The van der Waals surface area contributed by atoms with Crippen LogP contribution in [0.5, 0.6) is 0 Å². The Morgan fingerprint density at radius 2 is 1.94 bits per heavy atom. The summed E-state index contributed by atoms with van der Waals surface area (Å²) in [6.45, 7) is 4.95. The topological polar surface area (TPSA) is 66.4 Å². The third kappa shape index (κ3) is 12.5. The Balaban J connectivity index is 3.54. The van der Waals surface area contributed by atoms with Crippen molar-refractivity contribution in [2.24, 2.45) is 0 Å². The second-order valence-corrected chi connectivity index (χ2v) is 7.63. The van der Waals surface area contributed by atoms with Crippen LogP contribution in [0.3, 0.4) is 0 Å². The fourth-order valence-corrected chi connectivity index (χ4v) is 2.97. The smallest absolute Gasteiger partial charge is 0.313 e. The Morgan fingerprint density at radius 1 is 1.24 bits per heavy atom. The lowest BCUT2D eigenvalue weighted by Gasteiger charge is -2.16. The third-order valence-corrected chi connectivity index (χ3v) is 4.73. The number of nitrogens with one attached hydrogen (secondary N) is 1. The summed E-state index contributed by atoms with van der Waals surface area (Å²) in [6.07, 6.45) is 7.24. The molecule has 0 saturated heterocycles. The van der Waals surface area contributed by atoms with Gasteiger partial charge in [-0.05, 0) is 23.6 Å². The molecule has 4 nitrogen and oxygen atoms in total. The molecular formula is C11H25NO3S2. The van der Waals surface area contributed by atoms with E-state index in [4.69, 9.17) is 4.55 Å². The van der Waals surface area contributed by atoms with Gasteiger partial charge in [0.05, 0.1) is 0 Å². The SMILES string of the molecule is CCCCCCC(CC)NCCSS(=O)(=O)O. The Morgan fingerprint density at radius 3 is 2.47 bits per heavy atom. The van der Waals surface area contributed by atoms with Crippen LogP contribution in [0.1, 0.15) is 52.4 Å². The van der Waals surface area contributed by atoms with Gasteiger partial charge in [-0.1, -0.05) is 39.5 Å². The minimum absolute atomic E-state index is 0.393. The first kappa shape index (κ1) is 17.2. The lowest BCUT2D eigenvalue weighted by molar-refractivity contribution is 0.456. The Bertz CT molecular complexity index is 268. The van der Waals surface area contributed by atoms with Crippen molar-refractivity contribution in [1.29, 1.82) is 0 Å². The van der Waals surface area contributed by atoms with E-state index in [1.807, 2.05) is 0 Å². The first-order valence-electron chi connectivity index (χ1n) is 6.34. The Labute approximate surface area is 109 Å². The molecule has 0 fully saturated rings. The van der Waals surface area contributed by atoms with Crippen molar-refractivity contribution in [1.82, 2.24) is 5.32 Å². The molecule has 0 bridgehead atoms. The quantitative estimate of drug-likeness (QED) is 0.347. The Kier molecular flexibility index (Phi) is 10.3. The standard InChI is InChI=1S/C11H25NO3S2/c1-3-5-6-7-8-11(4-2)12-9-10-16-17(13,14)15/h11-12H,3-10H2,1-2H3,(H,13,14,15). The van der Waals surface area contributed by atoms with Gasteiger partial charge < -0.3 is 5.32 Å². The molecule has 2 N–H and O–H groups in total. The summed E-state index contributed by atoms with van der Waals surface area (Å²) in [6, 6.07) is 0.467. The minimum Gasteiger partial charge on any atom is -0.313 e. The first-order chi connectivity index (χ1) is 7.99. The predicted molar refractivity (Wildman–Crippen MR) is 74.8 cm³/mol. The van der Waals surface area contributed by atoms with Crippen LogP contribution in [0.4, 0.5) is 0 Å². The second-order valence-electron chi connectivity index (χ2n) is 4.16. The maximum Gasteiger partial charge on any atom is 0.319 e. The van der Waals surface area contributed by atoms with Gasteiger partial charge in [-0.15, -0.1) is 0 Å². The van der Waals surface area contributed by atoms with Crippen molar-refractivity contribution in [3.63, 3.8) is 0 Å². The number of rotatable bonds is 11. The summed E-state index contributed by atoms with van der Waals surface area (Å²) < 4.78 is 29.5. The fraction of sp³-hybridized carbons (Fsp3) is 1.00. The van der Waals surface area contributed by atoms with E-state index in [0.717, 1.165) is 12.8 Å². The highest BCUT2D eigenvalue weighted by Crippen LogP contribution is 2.10. The summed E-state index contributed by atoms with van der Waals surface area (Å²) in [5.41, 5.74) is 0. The third-order valence-electron chi connectivity index (χ3n) is 2.67. The van der Waals surface area contributed by atoms with Gasteiger partial charge in [0, 0.05) is 18.3 Å². The largest absolute Gasteiger partial charge is 0.319 e. The van der Waals surface area contributed by atoms with Gasteiger partial charge in [0.25, 0.3) is 0 Å². The molecule has 0 aromatic heterocycles. The normalized spacial score (nSPS) is 13.8. The summed E-state index contributed by atoms with van der Waals surface area (Å²) in [5, 5.41) is 3.32. The summed E-state index contributed by atoms with van der Waals surface area (Å²) >= 11 is 0. The molecule has 0 spiro atoms. The number of unbranched alkanes of at least 4 members (excludes halogenated alkanes) is 3. The lowest BCUT2D eigenvalue weighted by atomic mass is 10.1. The molecule has 1 atom stereocenters. The van der Waals surface area contributed by atoms with Crippen molar-refractivity contribution < 1.29 is 13.0 Å². The highest BCUT2D eigenvalue weighted by molar-refractivity contribution is 8.69. The van der Waals surface area contributed by atoms with Crippen LogP contribution in [-0.4, -0.2) is 31.3 Å². The van der Waals surface area contributed by atoms with Crippen molar-refractivity contribution in [2.75, 3.05) is 12.3 Å². The van der Waals surface area contributed by atoms with Crippen LogP contribution >= 0.6 is 10.8 Å². The molecule has 104 valence electrons. The molecule has 0 aromatic rings. The summed E-state index contributed by atoms with van der Waals surface area (Å²) in [4.78, 5) is 0. The molecular weight excluding hydrogens is 258 g/mol. The molecule has 0 aromatic carbocycles. The molecule has 0 radical (unpaired) electrons. The number of hydrogen-bond acceptors (Lipinski definition) is 4. The van der Waals surface area contributed by atoms with E-state index in [0.29, 0.717) is 29.1 Å². The first-order valence-corrected chi connectivity index (χ1v) is 9.29. The van der Waals surface area contributed by atoms with E-state index in [-0.39, 0.29) is 0 Å². The van der Waals surface area contributed by atoms with Crippen LogP contribution < -0.4 is 5.32 Å². The monoisotopic (exact) mass is 283 g/mol. The van der Waals surface area contributed by atoms with Crippen LogP contribution in [0, 0.1) is 0 Å². The van der Waals surface area contributed by atoms with E-state index in [1.165, 1.54) is 25.7 Å². The Hall–Kier alpha value is 0.220. The van der Waals surface area contributed by atoms with E-state index >= 15 is 0 Å². The van der Waals surface area contributed by atoms with Crippen molar-refractivity contribution in [2.45, 2.75) is 58.4 Å². The van der Waals surface area contributed by atoms with Gasteiger partial charge in [-0.25, -0.2) is 0 Å². The van der Waals surface area contributed by atoms with Gasteiger partial charge >= 0.3 is 9.15 Å². The van der Waals surface area contributed by atoms with Crippen LogP contribution in [0.15, 0.2) is 0 Å². The van der Waals surface area contributed by atoms with Gasteiger partial charge in [0.2, 0.25) is 0 Å². The molecule has 0 aliphatic carbocycles. The fourth-order valence-electron chi connectivity index (χ4n) is 1.68. The molecule has 17 heavy (non-hydrogen) atoms. The van der Waals surface area contributed by atoms with Crippen molar-refractivity contribution in [3.05, 3.63) is 0 Å².